The number of hydrogen-bond donors (Lipinski definition) is 0. The second-order valence-electron chi connectivity index (χ2n) is 5.75. The van der Waals surface area contributed by atoms with Crippen molar-refractivity contribution in [3.63, 3.8) is 0 Å². The molecule has 0 spiro atoms. The van der Waals surface area contributed by atoms with Gasteiger partial charge in [-0.1, -0.05) is 18.2 Å². The monoisotopic (exact) mass is 356 g/mol. The van der Waals surface area contributed by atoms with Crippen LogP contribution in [0.4, 0.5) is 5.69 Å². The zero-order chi connectivity index (χ0) is 18.8. The summed E-state index contributed by atoms with van der Waals surface area (Å²) in [5.74, 6) is 0.993. The first-order valence-electron chi connectivity index (χ1n) is 8.06. The highest BCUT2D eigenvalue weighted by Gasteiger charge is 2.16. The fourth-order valence-corrected chi connectivity index (χ4v) is 2.72. The van der Waals surface area contributed by atoms with E-state index in [1.807, 2.05) is 30.3 Å². The summed E-state index contributed by atoms with van der Waals surface area (Å²) in [7, 11) is 0. The lowest BCUT2D eigenvalue weighted by molar-refractivity contribution is -0.384. The third-order valence-corrected chi connectivity index (χ3v) is 4.06. The lowest BCUT2D eigenvalue weighted by Crippen LogP contribution is -1.93. The van der Waals surface area contributed by atoms with Crippen molar-refractivity contribution in [3.05, 3.63) is 88.6 Å². The molecule has 0 radical (unpaired) electrons. The van der Waals surface area contributed by atoms with Crippen LogP contribution in [0.5, 0.6) is 0 Å². The van der Waals surface area contributed by atoms with Crippen LogP contribution in [0.2, 0.25) is 0 Å². The molecule has 0 aliphatic heterocycles. The molecule has 7 nitrogen and oxygen atoms in total. The van der Waals surface area contributed by atoms with Gasteiger partial charge < -0.3 is 4.42 Å². The van der Waals surface area contributed by atoms with Gasteiger partial charge in [-0.15, -0.1) is 0 Å². The van der Waals surface area contributed by atoms with Crippen molar-refractivity contribution in [2.45, 2.75) is 0 Å². The predicted molar refractivity (Wildman–Crippen MR) is 98.1 cm³/mol. The van der Waals surface area contributed by atoms with Crippen LogP contribution in [-0.4, -0.2) is 14.7 Å². The lowest BCUT2D eigenvalue weighted by Gasteiger charge is -1.99. The van der Waals surface area contributed by atoms with E-state index in [0.717, 1.165) is 5.69 Å². The number of nitro benzene ring substituents is 1. The quantitative estimate of drug-likeness (QED) is 0.394. The fourth-order valence-electron chi connectivity index (χ4n) is 2.72. The first kappa shape index (κ1) is 16.3. The maximum absolute atomic E-state index is 10.8. The minimum Gasteiger partial charge on any atom is -0.454 e. The standard InChI is InChI=1S/C20H12N4O3/c21-12-15-13-23(16-4-2-1-3-5-16)22-20(15)19-11-10-18(27-19)14-6-8-17(9-7-14)24(25)26/h1-11,13H. The van der Waals surface area contributed by atoms with Crippen LogP contribution in [0.1, 0.15) is 5.56 Å². The van der Waals surface area contributed by atoms with E-state index in [9.17, 15) is 15.4 Å². The van der Waals surface area contributed by atoms with Crippen LogP contribution in [0.15, 0.2) is 77.3 Å². The Morgan fingerprint density at radius 2 is 1.70 bits per heavy atom. The Labute approximate surface area is 153 Å². The molecular weight excluding hydrogens is 344 g/mol. The smallest absolute Gasteiger partial charge is 0.269 e. The first-order chi connectivity index (χ1) is 13.2. The van der Waals surface area contributed by atoms with Crippen LogP contribution in [0, 0.1) is 21.4 Å². The van der Waals surface area contributed by atoms with Gasteiger partial charge in [-0.05, 0) is 36.4 Å². The van der Waals surface area contributed by atoms with E-state index in [0.29, 0.717) is 28.3 Å². The van der Waals surface area contributed by atoms with Crippen molar-refractivity contribution in [3.8, 4) is 34.5 Å². The Bertz CT molecular complexity index is 1150. The topological polar surface area (TPSA) is 97.9 Å². The summed E-state index contributed by atoms with van der Waals surface area (Å²) in [6, 6.07) is 21.2. The summed E-state index contributed by atoms with van der Waals surface area (Å²) in [6.45, 7) is 0. The Morgan fingerprint density at radius 1 is 1.00 bits per heavy atom. The molecule has 2 aromatic heterocycles. The highest BCUT2D eigenvalue weighted by atomic mass is 16.6. The van der Waals surface area contributed by atoms with E-state index in [4.69, 9.17) is 4.42 Å². The minimum absolute atomic E-state index is 0.0129. The Kier molecular flexibility index (Phi) is 3.99. The molecule has 0 aliphatic carbocycles. The van der Waals surface area contributed by atoms with E-state index in [1.54, 1.807) is 35.1 Å². The van der Waals surface area contributed by atoms with Gasteiger partial charge in [0.05, 0.1) is 10.6 Å². The number of nitrogens with zero attached hydrogens (tertiary/aromatic N) is 4. The average molecular weight is 356 g/mol. The molecule has 130 valence electrons. The van der Waals surface area contributed by atoms with Crippen LogP contribution in [0.3, 0.4) is 0 Å². The third-order valence-electron chi connectivity index (χ3n) is 4.06. The highest BCUT2D eigenvalue weighted by Crippen LogP contribution is 2.30. The first-order valence-corrected chi connectivity index (χ1v) is 8.06. The maximum atomic E-state index is 10.8. The summed E-state index contributed by atoms with van der Waals surface area (Å²) < 4.78 is 7.48. The van der Waals surface area contributed by atoms with Gasteiger partial charge in [0.15, 0.2) is 5.76 Å². The second kappa shape index (κ2) is 6.61. The molecule has 4 rings (SSSR count). The molecule has 0 saturated heterocycles. The fraction of sp³-hybridized carbons (Fsp3) is 0. The third kappa shape index (κ3) is 3.07. The molecule has 0 fully saturated rings. The Morgan fingerprint density at radius 3 is 2.37 bits per heavy atom. The number of furan rings is 1. The van der Waals surface area contributed by atoms with Crippen molar-refractivity contribution in [1.29, 1.82) is 5.26 Å². The van der Waals surface area contributed by atoms with Crippen LogP contribution in [-0.2, 0) is 0 Å². The van der Waals surface area contributed by atoms with Gasteiger partial charge in [0, 0.05) is 23.9 Å². The molecule has 2 aromatic carbocycles. The van der Waals surface area contributed by atoms with Crippen molar-refractivity contribution < 1.29 is 9.34 Å². The van der Waals surface area contributed by atoms with Gasteiger partial charge in [-0.3, -0.25) is 10.1 Å². The van der Waals surface area contributed by atoms with E-state index >= 15 is 0 Å². The molecule has 0 atom stereocenters. The molecule has 27 heavy (non-hydrogen) atoms. The molecule has 0 saturated carbocycles. The molecule has 0 unspecified atom stereocenters. The van der Waals surface area contributed by atoms with Gasteiger partial charge >= 0.3 is 0 Å². The van der Waals surface area contributed by atoms with Crippen molar-refractivity contribution in [1.82, 2.24) is 9.78 Å². The van der Waals surface area contributed by atoms with E-state index < -0.39 is 4.92 Å². The van der Waals surface area contributed by atoms with Crippen LogP contribution >= 0.6 is 0 Å². The van der Waals surface area contributed by atoms with Crippen molar-refractivity contribution >= 4 is 5.69 Å². The summed E-state index contributed by atoms with van der Waals surface area (Å²) in [5.41, 5.74) is 2.38. The SMILES string of the molecule is N#Cc1cn(-c2ccccc2)nc1-c1ccc(-c2ccc([N+](=O)[O-])cc2)o1. The normalized spacial score (nSPS) is 10.5. The van der Waals surface area contributed by atoms with Crippen LogP contribution < -0.4 is 0 Å². The zero-order valence-corrected chi connectivity index (χ0v) is 13.9. The predicted octanol–water partition coefficient (Wildman–Crippen LogP) is 4.58. The van der Waals surface area contributed by atoms with Gasteiger partial charge in [0.2, 0.25) is 0 Å². The molecule has 0 amide bonds. The second-order valence-corrected chi connectivity index (χ2v) is 5.75. The van der Waals surface area contributed by atoms with Crippen molar-refractivity contribution in [2.24, 2.45) is 0 Å². The van der Waals surface area contributed by atoms with E-state index in [-0.39, 0.29) is 5.69 Å². The van der Waals surface area contributed by atoms with Gasteiger partial charge in [0.25, 0.3) is 5.69 Å². The molecule has 7 heteroatoms. The zero-order valence-electron chi connectivity index (χ0n) is 13.9. The lowest BCUT2D eigenvalue weighted by atomic mass is 10.1. The molecule has 0 aliphatic rings. The Hall–Kier alpha value is -4.18. The number of para-hydroxylation sites is 1. The average Bonchev–Trinajstić information content (AvgIpc) is 3.35. The van der Waals surface area contributed by atoms with Gasteiger partial charge in [-0.2, -0.15) is 10.4 Å². The molecule has 4 aromatic rings. The van der Waals surface area contributed by atoms with E-state index in [1.165, 1.54) is 12.1 Å². The molecule has 0 N–H and O–H groups in total. The summed E-state index contributed by atoms with van der Waals surface area (Å²) in [6.07, 6.45) is 1.65. The molecular formula is C20H12N4O3. The number of non-ortho nitro benzene ring substituents is 1. The summed E-state index contributed by atoms with van der Waals surface area (Å²) in [4.78, 5) is 10.3. The maximum Gasteiger partial charge on any atom is 0.269 e. The van der Waals surface area contributed by atoms with E-state index in [2.05, 4.69) is 11.2 Å². The largest absolute Gasteiger partial charge is 0.454 e. The minimum atomic E-state index is -0.452. The number of nitriles is 1. The van der Waals surface area contributed by atoms with Gasteiger partial charge in [-0.25, -0.2) is 4.68 Å². The number of nitro groups is 1. The highest BCUT2D eigenvalue weighted by molar-refractivity contribution is 5.67. The van der Waals surface area contributed by atoms with Crippen LogP contribution in [0.25, 0.3) is 28.5 Å². The van der Waals surface area contributed by atoms with Gasteiger partial charge in [0.1, 0.15) is 23.1 Å². The number of benzene rings is 2. The number of rotatable bonds is 4. The molecule has 0 bridgehead atoms. The summed E-state index contributed by atoms with van der Waals surface area (Å²) >= 11 is 0. The number of aromatic nitrogens is 2. The summed E-state index contributed by atoms with van der Waals surface area (Å²) in [5, 5.41) is 24.7. The number of hydrogen-bond acceptors (Lipinski definition) is 5. The Balaban J connectivity index is 1.70. The molecule has 2 heterocycles. The van der Waals surface area contributed by atoms with Crippen molar-refractivity contribution in [2.75, 3.05) is 0 Å².